The number of rotatable bonds is 11. The summed E-state index contributed by atoms with van der Waals surface area (Å²) in [5.74, 6) is -0.861. The highest BCUT2D eigenvalue weighted by Gasteiger charge is 2.30. The SMILES string of the molecule is CCN(CC(O)CN(c1ccc(F)cc1)S(=O)(=O)c1ccc(C)cc1)S(=O)(=O)c1ccc(NC(C)=O)cc1. The fourth-order valence-electron chi connectivity index (χ4n) is 3.73. The Morgan fingerprint density at radius 1 is 0.868 bits per heavy atom. The van der Waals surface area contributed by atoms with Gasteiger partial charge in [-0.15, -0.1) is 0 Å². The highest BCUT2D eigenvalue weighted by atomic mass is 32.2. The Bertz CT molecular complexity index is 1460. The second kappa shape index (κ2) is 12.0. The van der Waals surface area contributed by atoms with Crippen LogP contribution >= 0.6 is 0 Å². The Balaban J connectivity index is 1.87. The molecule has 1 atom stereocenters. The molecule has 0 aliphatic heterocycles. The van der Waals surface area contributed by atoms with Crippen LogP contribution in [0.25, 0.3) is 0 Å². The second-order valence-electron chi connectivity index (χ2n) is 8.64. The van der Waals surface area contributed by atoms with Crippen molar-refractivity contribution in [3.8, 4) is 0 Å². The van der Waals surface area contributed by atoms with Gasteiger partial charge in [0, 0.05) is 25.7 Å². The lowest BCUT2D eigenvalue weighted by Gasteiger charge is -2.29. The zero-order valence-corrected chi connectivity index (χ0v) is 22.8. The number of hydrogen-bond acceptors (Lipinski definition) is 6. The number of likely N-dealkylation sites (N-methyl/N-ethyl adjacent to an activating group) is 1. The van der Waals surface area contributed by atoms with Gasteiger partial charge in [-0.05, 0) is 67.6 Å². The molecule has 38 heavy (non-hydrogen) atoms. The van der Waals surface area contributed by atoms with Crippen LogP contribution in [0.3, 0.4) is 0 Å². The molecule has 0 heterocycles. The molecule has 1 amide bonds. The summed E-state index contributed by atoms with van der Waals surface area (Å²) >= 11 is 0. The number of nitrogens with zero attached hydrogens (tertiary/aromatic N) is 2. The minimum absolute atomic E-state index is 0.00804. The molecule has 0 spiro atoms. The lowest BCUT2D eigenvalue weighted by atomic mass is 10.2. The van der Waals surface area contributed by atoms with E-state index in [0.717, 1.165) is 26.3 Å². The van der Waals surface area contributed by atoms with Gasteiger partial charge in [0.05, 0.1) is 28.1 Å². The Kier molecular flexibility index (Phi) is 9.26. The molecule has 3 aromatic rings. The number of aliphatic hydroxyl groups excluding tert-OH is 1. The fraction of sp³-hybridized carbons (Fsp3) is 0.269. The molecular weight excluding hydrogens is 533 g/mol. The summed E-state index contributed by atoms with van der Waals surface area (Å²) in [4.78, 5) is 11.1. The van der Waals surface area contributed by atoms with Crippen molar-refractivity contribution in [2.45, 2.75) is 36.7 Å². The van der Waals surface area contributed by atoms with Crippen LogP contribution in [0.15, 0.2) is 82.6 Å². The van der Waals surface area contributed by atoms with Gasteiger partial charge in [0.1, 0.15) is 5.82 Å². The zero-order valence-electron chi connectivity index (χ0n) is 21.2. The highest BCUT2D eigenvalue weighted by molar-refractivity contribution is 7.92. The van der Waals surface area contributed by atoms with E-state index in [4.69, 9.17) is 0 Å². The first kappa shape index (κ1) is 29.2. The van der Waals surface area contributed by atoms with E-state index in [1.165, 1.54) is 55.5 Å². The maximum atomic E-state index is 13.6. The van der Waals surface area contributed by atoms with Gasteiger partial charge in [0.25, 0.3) is 10.0 Å². The van der Waals surface area contributed by atoms with Crippen LogP contribution in [0.2, 0.25) is 0 Å². The van der Waals surface area contributed by atoms with Gasteiger partial charge in [0.15, 0.2) is 0 Å². The predicted octanol–water partition coefficient (Wildman–Crippen LogP) is 3.36. The molecular formula is C26H30FN3O6S2. The number of hydrogen-bond donors (Lipinski definition) is 2. The van der Waals surface area contributed by atoms with Gasteiger partial charge in [-0.1, -0.05) is 24.6 Å². The molecule has 1 unspecified atom stereocenters. The minimum atomic E-state index is -4.18. The first-order chi connectivity index (χ1) is 17.8. The third kappa shape index (κ3) is 6.95. The molecule has 3 rings (SSSR count). The maximum absolute atomic E-state index is 13.6. The molecule has 0 aromatic heterocycles. The topological polar surface area (TPSA) is 124 Å². The number of carbonyl (C=O) groups is 1. The number of sulfonamides is 2. The quantitative estimate of drug-likeness (QED) is 0.369. The van der Waals surface area contributed by atoms with E-state index in [1.54, 1.807) is 19.1 Å². The summed E-state index contributed by atoms with van der Waals surface area (Å²) in [6, 6.07) is 16.5. The van der Waals surface area contributed by atoms with Crippen LogP contribution in [0.1, 0.15) is 19.4 Å². The first-order valence-corrected chi connectivity index (χ1v) is 14.6. The molecule has 9 nitrogen and oxygen atoms in total. The van der Waals surface area contributed by atoms with Crippen molar-refractivity contribution in [3.63, 3.8) is 0 Å². The van der Waals surface area contributed by atoms with Gasteiger partial charge in [-0.3, -0.25) is 9.10 Å². The van der Waals surface area contributed by atoms with E-state index in [-0.39, 0.29) is 27.9 Å². The lowest BCUT2D eigenvalue weighted by Crippen LogP contribution is -2.44. The summed E-state index contributed by atoms with van der Waals surface area (Å²) in [6.45, 7) is 3.87. The molecule has 0 saturated heterocycles. The summed E-state index contributed by atoms with van der Waals surface area (Å²) in [7, 11) is -8.22. The number of benzene rings is 3. The molecule has 204 valence electrons. The van der Waals surface area contributed by atoms with Gasteiger partial charge in [-0.25, -0.2) is 21.2 Å². The standard InChI is InChI=1S/C26H30FN3O6S2/c1-4-29(37(33,34)25-15-9-22(10-16-25)28-20(3)31)17-24(32)18-30(23-11-7-21(27)8-12-23)38(35,36)26-13-5-19(2)6-14-26/h5-16,24,32H,4,17-18H2,1-3H3,(H,28,31). The summed E-state index contributed by atoms with van der Waals surface area (Å²) < 4.78 is 69.0. The Hall–Kier alpha value is -3.32. The van der Waals surface area contributed by atoms with E-state index in [2.05, 4.69) is 5.32 Å². The highest BCUT2D eigenvalue weighted by Crippen LogP contribution is 2.26. The number of carbonyl (C=O) groups excluding carboxylic acids is 1. The van der Waals surface area contributed by atoms with Gasteiger partial charge in [-0.2, -0.15) is 4.31 Å². The average molecular weight is 564 g/mol. The van der Waals surface area contributed by atoms with Crippen LogP contribution in [-0.2, 0) is 24.8 Å². The fourth-order valence-corrected chi connectivity index (χ4v) is 6.72. The second-order valence-corrected chi connectivity index (χ2v) is 12.4. The number of anilines is 2. The summed E-state index contributed by atoms with van der Waals surface area (Å²) in [5, 5.41) is 13.5. The van der Waals surface area contributed by atoms with Crippen molar-refractivity contribution < 1.29 is 31.1 Å². The predicted molar refractivity (Wildman–Crippen MR) is 143 cm³/mol. The Morgan fingerprint density at radius 3 is 1.92 bits per heavy atom. The van der Waals surface area contributed by atoms with Gasteiger partial charge >= 0.3 is 0 Å². The molecule has 12 heteroatoms. The van der Waals surface area contributed by atoms with Crippen molar-refractivity contribution in [2.75, 3.05) is 29.3 Å². The third-order valence-corrected chi connectivity index (χ3v) is 9.44. The van der Waals surface area contributed by atoms with E-state index < -0.39 is 45.1 Å². The van der Waals surface area contributed by atoms with Crippen LogP contribution in [0.4, 0.5) is 15.8 Å². The molecule has 0 aliphatic carbocycles. The zero-order chi connectivity index (χ0) is 28.1. The van der Waals surface area contributed by atoms with Gasteiger partial charge < -0.3 is 10.4 Å². The van der Waals surface area contributed by atoms with Crippen LogP contribution in [0.5, 0.6) is 0 Å². The van der Waals surface area contributed by atoms with Gasteiger partial charge in [0.2, 0.25) is 15.9 Å². The van der Waals surface area contributed by atoms with E-state index in [0.29, 0.717) is 5.69 Å². The number of aliphatic hydroxyl groups is 1. The smallest absolute Gasteiger partial charge is 0.264 e. The maximum Gasteiger partial charge on any atom is 0.264 e. The van der Waals surface area contributed by atoms with Crippen LogP contribution < -0.4 is 9.62 Å². The van der Waals surface area contributed by atoms with E-state index >= 15 is 0 Å². The molecule has 0 saturated carbocycles. The molecule has 2 N–H and O–H groups in total. The molecule has 0 aliphatic rings. The van der Waals surface area contributed by atoms with Crippen molar-refractivity contribution in [2.24, 2.45) is 0 Å². The lowest BCUT2D eigenvalue weighted by molar-refractivity contribution is -0.114. The Labute approximate surface area is 222 Å². The van der Waals surface area contributed by atoms with Crippen molar-refractivity contribution in [3.05, 3.63) is 84.2 Å². The number of nitrogens with one attached hydrogen (secondary N) is 1. The number of amides is 1. The molecule has 0 fully saturated rings. The molecule has 0 radical (unpaired) electrons. The van der Waals surface area contributed by atoms with Crippen molar-refractivity contribution >= 4 is 37.3 Å². The minimum Gasteiger partial charge on any atom is -0.390 e. The van der Waals surface area contributed by atoms with E-state index in [9.17, 15) is 31.1 Å². The van der Waals surface area contributed by atoms with Crippen molar-refractivity contribution in [1.82, 2.24) is 4.31 Å². The average Bonchev–Trinajstić information content (AvgIpc) is 2.86. The molecule has 3 aromatic carbocycles. The van der Waals surface area contributed by atoms with Crippen LogP contribution in [-0.4, -0.2) is 57.9 Å². The normalized spacial score (nSPS) is 12.8. The summed E-state index contributed by atoms with van der Waals surface area (Å²) in [5.41, 5.74) is 1.40. The summed E-state index contributed by atoms with van der Waals surface area (Å²) in [6.07, 6.45) is -1.42. The van der Waals surface area contributed by atoms with E-state index in [1.807, 2.05) is 6.92 Å². The molecule has 0 bridgehead atoms. The monoisotopic (exact) mass is 563 g/mol. The van der Waals surface area contributed by atoms with Crippen LogP contribution in [0, 0.1) is 12.7 Å². The number of aryl methyl sites for hydroxylation is 1. The number of halogens is 1. The Morgan fingerprint density at radius 2 is 1.39 bits per heavy atom. The van der Waals surface area contributed by atoms with Crippen molar-refractivity contribution in [1.29, 1.82) is 0 Å². The third-order valence-electron chi connectivity index (χ3n) is 5.68. The largest absolute Gasteiger partial charge is 0.390 e. The first-order valence-electron chi connectivity index (χ1n) is 11.8.